The number of hydrogen-bond acceptors (Lipinski definition) is 3. The first-order valence-corrected chi connectivity index (χ1v) is 4.98. The highest BCUT2D eigenvalue weighted by Gasteiger charge is 2.10. The van der Waals surface area contributed by atoms with E-state index in [4.69, 9.17) is 17.2 Å². The van der Waals surface area contributed by atoms with Crippen LogP contribution in [0, 0.1) is 5.82 Å². The lowest BCUT2D eigenvalue weighted by Gasteiger charge is -2.00. The SMILES string of the molecule is C=C/C=C(/N)C=C.NC(=O)c1c(N)cccc1F. The summed E-state index contributed by atoms with van der Waals surface area (Å²) in [4.78, 5) is 10.5. The van der Waals surface area contributed by atoms with Gasteiger partial charge in [-0.2, -0.15) is 0 Å². The van der Waals surface area contributed by atoms with Gasteiger partial charge in [0, 0.05) is 11.4 Å². The molecule has 0 spiro atoms. The van der Waals surface area contributed by atoms with Gasteiger partial charge in [0.1, 0.15) is 5.82 Å². The number of rotatable bonds is 3. The lowest BCUT2D eigenvalue weighted by molar-refractivity contribution is 0.0997. The first-order valence-electron chi connectivity index (χ1n) is 4.98. The number of primary amides is 1. The van der Waals surface area contributed by atoms with Gasteiger partial charge in [-0.05, 0) is 24.3 Å². The van der Waals surface area contributed by atoms with Crippen molar-refractivity contribution in [2.45, 2.75) is 0 Å². The standard InChI is InChI=1S/C7H7FN2O.C6H9N/c8-4-2-1-3-5(9)6(4)7(10)11;1-3-5-6(7)4-2/h1-3H,9H2,(H2,10,11);3-5H,1-2,7H2/b;6-5+. The van der Waals surface area contributed by atoms with Gasteiger partial charge in [-0.3, -0.25) is 4.79 Å². The zero-order valence-electron chi connectivity index (χ0n) is 9.90. The Bertz CT molecular complexity index is 461. The molecule has 0 aromatic heterocycles. The lowest BCUT2D eigenvalue weighted by Crippen LogP contribution is -2.15. The number of allylic oxidation sites excluding steroid dienone is 3. The minimum Gasteiger partial charge on any atom is -0.399 e. The number of carbonyl (C=O) groups is 1. The molecule has 1 aromatic carbocycles. The van der Waals surface area contributed by atoms with Gasteiger partial charge in [0.2, 0.25) is 0 Å². The van der Waals surface area contributed by atoms with Crippen molar-refractivity contribution in [3.63, 3.8) is 0 Å². The Hall–Kier alpha value is -2.56. The highest BCUT2D eigenvalue weighted by atomic mass is 19.1. The molecule has 1 rings (SSSR count). The van der Waals surface area contributed by atoms with E-state index in [1.165, 1.54) is 12.1 Å². The highest BCUT2D eigenvalue weighted by Crippen LogP contribution is 2.13. The molecule has 0 unspecified atom stereocenters. The number of hydrogen-bond donors (Lipinski definition) is 3. The molecule has 0 atom stereocenters. The van der Waals surface area contributed by atoms with Gasteiger partial charge in [-0.15, -0.1) is 0 Å². The van der Waals surface area contributed by atoms with E-state index < -0.39 is 11.7 Å². The number of benzene rings is 1. The summed E-state index contributed by atoms with van der Waals surface area (Å²) in [5, 5.41) is 0. The summed E-state index contributed by atoms with van der Waals surface area (Å²) in [6, 6.07) is 3.97. The zero-order chi connectivity index (χ0) is 14.1. The number of carbonyl (C=O) groups excluding carboxylic acids is 1. The molecular formula is C13H16FN3O. The van der Waals surface area contributed by atoms with Crippen LogP contribution in [0.2, 0.25) is 0 Å². The van der Waals surface area contributed by atoms with E-state index in [2.05, 4.69) is 13.2 Å². The van der Waals surface area contributed by atoms with Crippen LogP contribution in [0.5, 0.6) is 0 Å². The van der Waals surface area contributed by atoms with Crippen molar-refractivity contribution in [3.05, 3.63) is 66.7 Å². The van der Waals surface area contributed by atoms with Crippen LogP contribution in [0.1, 0.15) is 10.4 Å². The Kier molecular flexibility index (Phi) is 6.58. The van der Waals surface area contributed by atoms with Gasteiger partial charge in [0.05, 0.1) is 5.56 Å². The number of amides is 1. The summed E-state index contributed by atoms with van der Waals surface area (Å²) in [6.07, 6.45) is 4.88. The topological polar surface area (TPSA) is 95.1 Å². The van der Waals surface area contributed by atoms with Crippen LogP contribution in [0.4, 0.5) is 10.1 Å². The second-order valence-corrected chi connectivity index (χ2v) is 3.17. The third-order valence-corrected chi connectivity index (χ3v) is 1.84. The average Bonchev–Trinajstić information content (AvgIpc) is 2.29. The predicted octanol–water partition coefficient (Wildman–Crippen LogP) is 1.71. The molecule has 0 fully saturated rings. The fourth-order valence-electron chi connectivity index (χ4n) is 1.00. The van der Waals surface area contributed by atoms with E-state index in [1.54, 1.807) is 18.2 Å². The number of nitrogens with two attached hydrogens (primary N) is 3. The largest absolute Gasteiger partial charge is 0.399 e. The third kappa shape index (κ3) is 4.98. The molecule has 0 bridgehead atoms. The van der Waals surface area contributed by atoms with Crippen LogP contribution in [0.3, 0.4) is 0 Å². The van der Waals surface area contributed by atoms with Crippen molar-refractivity contribution in [3.8, 4) is 0 Å². The summed E-state index contributed by atoms with van der Waals surface area (Å²) >= 11 is 0. The Morgan fingerprint density at radius 1 is 1.28 bits per heavy atom. The maximum absolute atomic E-state index is 12.7. The molecule has 1 amide bonds. The summed E-state index contributed by atoms with van der Waals surface area (Å²) < 4.78 is 12.7. The maximum atomic E-state index is 12.7. The molecular weight excluding hydrogens is 233 g/mol. The third-order valence-electron chi connectivity index (χ3n) is 1.84. The van der Waals surface area contributed by atoms with Crippen LogP contribution in [0.25, 0.3) is 0 Å². The van der Waals surface area contributed by atoms with Gasteiger partial charge >= 0.3 is 0 Å². The number of anilines is 1. The first-order chi connectivity index (χ1) is 8.43. The van der Waals surface area contributed by atoms with Crippen LogP contribution < -0.4 is 17.2 Å². The van der Waals surface area contributed by atoms with Crippen molar-refractivity contribution in [2.75, 3.05) is 5.73 Å². The van der Waals surface area contributed by atoms with E-state index in [0.29, 0.717) is 5.70 Å². The quantitative estimate of drug-likeness (QED) is 0.562. The predicted molar refractivity (Wildman–Crippen MR) is 72.0 cm³/mol. The molecule has 0 saturated carbocycles. The fourth-order valence-corrected chi connectivity index (χ4v) is 1.00. The number of nitrogen functional groups attached to an aromatic ring is 1. The Balaban J connectivity index is 0.000000360. The summed E-state index contributed by atoms with van der Waals surface area (Å²) in [6.45, 7) is 6.88. The molecule has 18 heavy (non-hydrogen) atoms. The maximum Gasteiger partial charge on any atom is 0.253 e. The Labute approximate surface area is 105 Å². The van der Waals surface area contributed by atoms with Crippen molar-refractivity contribution < 1.29 is 9.18 Å². The second kappa shape index (κ2) is 7.67. The minimum atomic E-state index is -0.847. The van der Waals surface area contributed by atoms with Crippen molar-refractivity contribution in [1.29, 1.82) is 0 Å². The summed E-state index contributed by atoms with van der Waals surface area (Å²) in [5.74, 6) is -1.53. The Morgan fingerprint density at radius 3 is 2.17 bits per heavy atom. The van der Waals surface area contributed by atoms with Gasteiger partial charge in [-0.25, -0.2) is 4.39 Å². The molecule has 0 heterocycles. The molecule has 4 nitrogen and oxygen atoms in total. The molecule has 6 N–H and O–H groups in total. The average molecular weight is 249 g/mol. The van der Waals surface area contributed by atoms with E-state index in [0.717, 1.165) is 6.07 Å². The summed E-state index contributed by atoms with van der Waals surface area (Å²) in [5.41, 5.74) is 15.9. The van der Waals surface area contributed by atoms with Crippen molar-refractivity contribution in [1.82, 2.24) is 0 Å². The van der Waals surface area contributed by atoms with Crippen molar-refractivity contribution in [2.24, 2.45) is 11.5 Å². The van der Waals surface area contributed by atoms with Crippen LogP contribution in [-0.4, -0.2) is 5.91 Å². The highest BCUT2D eigenvalue weighted by molar-refractivity contribution is 5.98. The van der Waals surface area contributed by atoms with E-state index >= 15 is 0 Å². The molecule has 0 aliphatic carbocycles. The minimum absolute atomic E-state index is 0.0671. The molecule has 96 valence electrons. The summed E-state index contributed by atoms with van der Waals surface area (Å²) in [7, 11) is 0. The Morgan fingerprint density at radius 2 is 1.89 bits per heavy atom. The van der Waals surface area contributed by atoms with Gasteiger partial charge in [0.15, 0.2) is 0 Å². The van der Waals surface area contributed by atoms with Gasteiger partial charge in [-0.1, -0.05) is 25.3 Å². The van der Waals surface area contributed by atoms with Gasteiger partial charge < -0.3 is 17.2 Å². The first kappa shape index (κ1) is 15.4. The second-order valence-electron chi connectivity index (χ2n) is 3.17. The molecule has 1 aromatic rings. The van der Waals surface area contributed by atoms with E-state index in [9.17, 15) is 9.18 Å². The van der Waals surface area contributed by atoms with Gasteiger partial charge in [0.25, 0.3) is 5.91 Å². The van der Waals surface area contributed by atoms with Crippen LogP contribution >= 0.6 is 0 Å². The monoisotopic (exact) mass is 249 g/mol. The van der Waals surface area contributed by atoms with E-state index in [-0.39, 0.29) is 11.3 Å². The fraction of sp³-hybridized carbons (Fsp3) is 0. The molecule has 0 saturated heterocycles. The smallest absolute Gasteiger partial charge is 0.253 e. The van der Waals surface area contributed by atoms with Crippen LogP contribution in [0.15, 0.2) is 55.3 Å². The molecule has 5 heteroatoms. The van der Waals surface area contributed by atoms with E-state index in [1.807, 2.05) is 0 Å². The molecule has 0 radical (unpaired) electrons. The number of halogens is 1. The van der Waals surface area contributed by atoms with Crippen molar-refractivity contribution >= 4 is 11.6 Å². The van der Waals surface area contributed by atoms with Crippen LogP contribution in [-0.2, 0) is 0 Å². The molecule has 0 aliphatic heterocycles. The zero-order valence-corrected chi connectivity index (χ0v) is 9.90. The lowest BCUT2D eigenvalue weighted by atomic mass is 10.1. The molecule has 0 aliphatic rings. The normalized spacial score (nSPS) is 9.94.